The van der Waals surface area contributed by atoms with Gasteiger partial charge in [0.1, 0.15) is 5.60 Å². The van der Waals surface area contributed by atoms with Crippen molar-refractivity contribution >= 4 is 13.2 Å². The third-order valence-corrected chi connectivity index (χ3v) is 5.99. The molecule has 3 atom stereocenters. The van der Waals surface area contributed by atoms with Crippen molar-refractivity contribution in [3.05, 3.63) is 0 Å². The number of amides is 1. The quantitative estimate of drug-likeness (QED) is 0.721. The van der Waals surface area contributed by atoms with E-state index in [2.05, 4.69) is 27.7 Å². The molecule has 2 aliphatic heterocycles. The van der Waals surface area contributed by atoms with Crippen molar-refractivity contribution in [3.8, 4) is 0 Å². The van der Waals surface area contributed by atoms with Crippen LogP contribution >= 0.6 is 0 Å². The molecule has 136 valence electrons. The minimum absolute atomic E-state index is 0.101. The van der Waals surface area contributed by atoms with Gasteiger partial charge in [0.25, 0.3) is 0 Å². The highest BCUT2D eigenvalue weighted by Crippen LogP contribution is 2.57. The number of nitrogens with zero attached hydrogens (tertiary/aromatic N) is 1. The second-order valence-electron chi connectivity index (χ2n) is 9.66. The van der Waals surface area contributed by atoms with Crippen LogP contribution in [-0.4, -0.2) is 48.0 Å². The Morgan fingerprint density at radius 2 is 1.75 bits per heavy atom. The molecule has 6 heteroatoms. The van der Waals surface area contributed by atoms with Crippen molar-refractivity contribution < 1.29 is 18.8 Å². The SMILES string of the molecule is CC(C)(C)OC(=O)N1CCC([C@@H]2C[C@H]2B2OC(C)(C)C(C)(C)O2)C1. The minimum atomic E-state index is -0.431. The summed E-state index contributed by atoms with van der Waals surface area (Å²) < 4.78 is 17.9. The van der Waals surface area contributed by atoms with Gasteiger partial charge in [-0.1, -0.05) is 0 Å². The fourth-order valence-electron chi connectivity index (χ4n) is 3.78. The molecule has 0 aromatic rings. The molecular weight excluding hydrogens is 305 g/mol. The molecule has 3 fully saturated rings. The Morgan fingerprint density at radius 3 is 2.29 bits per heavy atom. The predicted octanol–water partition coefficient (Wildman–Crippen LogP) is 3.73. The van der Waals surface area contributed by atoms with Gasteiger partial charge in [0, 0.05) is 13.1 Å². The van der Waals surface area contributed by atoms with Crippen LogP contribution in [-0.2, 0) is 14.0 Å². The Hall–Kier alpha value is -0.745. The molecule has 2 saturated heterocycles. The smallest absolute Gasteiger partial charge is 0.444 e. The summed E-state index contributed by atoms with van der Waals surface area (Å²) >= 11 is 0. The summed E-state index contributed by atoms with van der Waals surface area (Å²) in [7, 11) is -0.101. The van der Waals surface area contributed by atoms with E-state index in [9.17, 15) is 4.79 Å². The van der Waals surface area contributed by atoms with Gasteiger partial charge in [-0.2, -0.15) is 0 Å². The minimum Gasteiger partial charge on any atom is -0.444 e. The predicted molar refractivity (Wildman–Crippen MR) is 93.9 cm³/mol. The van der Waals surface area contributed by atoms with Crippen LogP contribution in [0.4, 0.5) is 4.79 Å². The van der Waals surface area contributed by atoms with Gasteiger partial charge in [-0.15, -0.1) is 0 Å². The zero-order chi connectivity index (χ0) is 17.9. The van der Waals surface area contributed by atoms with E-state index in [0.29, 0.717) is 17.7 Å². The number of hydrogen-bond donors (Lipinski definition) is 0. The van der Waals surface area contributed by atoms with Crippen molar-refractivity contribution in [2.75, 3.05) is 13.1 Å². The second kappa shape index (κ2) is 5.63. The van der Waals surface area contributed by atoms with E-state index < -0.39 is 5.60 Å². The maximum atomic E-state index is 12.2. The van der Waals surface area contributed by atoms with E-state index in [1.165, 1.54) is 0 Å². The zero-order valence-electron chi connectivity index (χ0n) is 16.2. The third kappa shape index (κ3) is 3.45. The lowest BCUT2D eigenvalue weighted by molar-refractivity contribution is 0.00578. The van der Waals surface area contributed by atoms with Gasteiger partial charge in [0.15, 0.2) is 0 Å². The number of likely N-dealkylation sites (tertiary alicyclic amines) is 1. The molecule has 1 amide bonds. The monoisotopic (exact) mass is 337 g/mol. The van der Waals surface area contributed by atoms with Crippen molar-refractivity contribution in [2.45, 2.75) is 83.9 Å². The van der Waals surface area contributed by atoms with E-state index in [1.54, 1.807) is 0 Å². The molecule has 0 aromatic heterocycles. The summed E-state index contributed by atoms with van der Waals surface area (Å²) in [5, 5.41) is 0. The molecule has 0 N–H and O–H groups in total. The highest BCUT2D eigenvalue weighted by Gasteiger charge is 2.61. The normalized spacial score (nSPS) is 34.5. The molecule has 1 unspecified atom stereocenters. The maximum Gasteiger partial charge on any atom is 0.461 e. The van der Waals surface area contributed by atoms with Gasteiger partial charge in [0.05, 0.1) is 11.2 Å². The van der Waals surface area contributed by atoms with Gasteiger partial charge in [-0.3, -0.25) is 0 Å². The lowest BCUT2D eigenvalue weighted by atomic mass is 9.78. The first-order valence-corrected chi connectivity index (χ1v) is 9.23. The lowest BCUT2D eigenvalue weighted by Gasteiger charge is -2.32. The topological polar surface area (TPSA) is 48.0 Å². The molecule has 1 aliphatic carbocycles. The molecule has 3 rings (SSSR count). The van der Waals surface area contributed by atoms with Crippen molar-refractivity contribution in [1.82, 2.24) is 4.90 Å². The highest BCUT2D eigenvalue weighted by atomic mass is 16.7. The Morgan fingerprint density at radius 1 is 1.17 bits per heavy atom. The van der Waals surface area contributed by atoms with Crippen LogP contribution in [0.3, 0.4) is 0 Å². The zero-order valence-corrected chi connectivity index (χ0v) is 16.2. The summed E-state index contributed by atoms with van der Waals surface area (Å²) in [5.41, 5.74) is -0.952. The Labute approximate surface area is 146 Å². The summed E-state index contributed by atoms with van der Waals surface area (Å²) in [5.74, 6) is 1.61. The largest absolute Gasteiger partial charge is 0.461 e. The van der Waals surface area contributed by atoms with Gasteiger partial charge in [0.2, 0.25) is 0 Å². The van der Waals surface area contributed by atoms with Crippen LogP contribution in [0.2, 0.25) is 5.82 Å². The number of rotatable bonds is 2. The fourth-order valence-corrected chi connectivity index (χ4v) is 3.78. The molecule has 24 heavy (non-hydrogen) atoms. The number of ether oxygens (including phenoxy) is 1. The summed E-state index contributed by atoms with van der Waals surface area (Å²) in [4.78, 5) is 14.1. The van der Waals surface area contributed by atoms with Crippen LogP contribution in [0.25, 0.3) is 0 Å². The molecule has 0 bridgehead atoms. The summed E-state index contributed by atoms with van der Waals surface area (Å²) in [6, 6.07) is 0. The Bertz CT molecular complexity index is 498. The van der Waals surface area contributed by atoms with Crippen molar-refractivity contribution in [3.63, 3.8) is 0 Å². The van der Waals surface area contributed by atoms with Crippen LogP contribution in [0.15, 0.2) is 0 Å². The number of carbonyl (C=O) groups is 1. The van der Waals surface area contributed by atoms with Crippen molar-refractivity contribution in [1.29, 1.82) is 0 Å². The molecule has 3 aliphatic rings. The van der Waals surface area contributed by atoms with E-state index in [4.69, 9.17) is 14.0 Å². The van der Waals surface area contributed by atoms with Gasteiger partial charge in [-0.25, -0.2) is 4.79 Å². The van der Waals surface area contributed by atoms with Gasteiger partial charge in [-0.05, 0) is 79.0 Å². The standard InChI is InChI=1S/C18H32BNO4/c1-16(2,3)22-15(21)20-9-8-12(11-20)13-10-14(13)19-23-17(4,5)18(6,7)24-19/h12-14H,8-11H2,1-7H3/t12?,13-,14+/m0/s1. The molecule has 0 aromatic carbocycles. The fraction of sp³-hybridized carbons (Fsp3) is 0.944. The van der Waals surface area contributed by atoms with E-state index in [0.717, 1.165) is 25.9 Å². The first-order chi connectivity index (χ1) is 10.9. The van der Waals surface area contributed by atoms with E-state index in [1.807, 2.05) is 25.7 Å². The molecule has 5 nitrogen and oxygen atoms in total. The molecule has 0 spiro atoms. The van der Waals surface area contributed by atoms with Crippen LogP contribution < -0.4 is 0 Å². The summed E-state index contributed by atoms with van der Waals surface area (Å²) in [6.45, 7) is 15.7. The highest BCUT2D eigenvalue weighted by molar-refractivity contribution is 6.48. The van der Waals surface area contributed by atoms with Gasteiger partial charge < -0.3 is 18.9 Å². The molecular formula is C18H32BNO4. The maximum absolute atomic E-state index is 12.2. The Kier molecular flexibility index (Phi) is 4.24. The number of carbonyl (C=O) groups excluding carboxylic acids is 1. The average Bonchev–Trinajstić information content (AvgIpc) is 2.97. The first-order valence-electron chi connectivity index (χ1n) is 9.23. The molecule has 0 radical (unpaired) electrons. The van der Waals surface area contributed by atoms with Crippen LogP contribution in [0, 0.1) is 11.8 Å². The molecule has 1 saturated carbocycles. The van der Waals surface area contributed by atoms with E-state index >= 15 is 0 Å². The third-order valence-electron chi connectivity index (χ3n) is 5.99. The average molecular weight is 337 g/mol. The number of hydrogen-bond acceptors (Lipinski definition) is 4. The van der Waals surface area contributed by atoms with Crippen LogP contribution in [0.5, 0.6) is 0 Å². The molecule has 2 heterocycles. The second-order valence-corrected chi connectivity index (χ2v) is 9.66. The van der Waals surface area contributed by atoms with Crippen LogP contribution in [0.1, 0.15) is 61.3 Å². The van der Waals surface area contributed by atoms with Crippen molar-refractivity contribution in [2.24, 2.45) is 11.8 Å². The van der Waals surface area contributed by atoms with E-state index in [-0.39, 0.29) is 24.4 Å². The Balaban J connectivity index is 1.52. The summed E-state index contributed by atoms with van der Waals surface area (Å²) in [6.07, 6.45) is 2.02. The lowest BCUT2D eigenvalue weighted by Crippen LogP contribution is -2.41. The van der Waals surface area contributed by atoms with Gasteiger partial charge >= 0.3 is 13.2 Å². The first kappa shape index (κ1) is 18.1.